The van der Waals surface area contributed by atoms with E-state index >= 15 is 0 Å². The van der Waals surface area contributed by atoms with Crippen LogP contribution in [-0.2, 0) is 4.79 Å². The van der Waals surface area contributed by atoms with Gasteiger partial charge in [0.25, 0.3) is 5.91 Å². The molecule has 1 atom stereocenters. The molecule has 0 radical (unpaired) electrons. The Morgan fingerprint density at radius 1 is 1.24 bits per heavy atom. The first kappa shape index (κ1) is 13.9. The first-order valence-corrected chi connectivity index (χ1v) is 7.38. The number of hydrogen-bond acceptors (Lipinski definition) is 3. The van der Waals surface area contributed by atoms with Crippen molar-refractivity contribution in [2.24, 2.45) is 5.73 Å². The fraction of sp³-hybridized carbons (Fsp3) is 0.353. The molecule has 1 unspecified atom stereocenters. The van der Waals surface area contributed by atoms with Gasteiger partial charge in [0.15, 0.2) is 6.61 Å². The second kappa shape index (κ2) is 6.14. The van der Waals surface area contributed by atoms with E-state index < -0.39 is 0 Å². The molecule has 2 N–H and O–H groups in total. The number of nitrogens with two attached hydrogens (primary N) is 1. The van der Waals surface area contributed by atoms with E-state index in [4.69, 9.17) is 10.5 Å². The summed E-state index contributed by atoms with van der Waals surface area (Å²) in [5.74, 6) is 0.765. The molecular weight excluding hydrogens is 264 g/mol. The number of amides is 1. The Hall–Kier alpha value is -2.07. The van der Waals surface area contributed by atoms with Crippen LogP contribution in [0.25, 0.3) is 10.8 Å². The smallest absolute Gasteiger partial charge is 0.260 e. The van der Waals surface area contributed by atoms with Gasteiger partial charge in [-0.15, -0.1) is 0 Å². The van der Waals surface area contributed by atoms with Crippen LogP contribution in [-0.4, -0.2) is 36.5 Å². The molecule has 21 heavy (non-hydrogen) atoms. The number of likely N-dealkylation sites (tertiary alicyclic amines) is 1. The van der Waals surface area contributed by atoms with E-state index in [1.165, 1.54) is 0 Å². The lowest BCUT2D eigenvalue weighted by molar-refractivity contribution is -0.134. The largest absolute Gasteiger partial charge is 0.483 e. The molecule has 1 heterocycles. The molecule has 4 nitrogen and oxygen atoms in total. The van der Waals surface area contributed by atoms with Gasteiger partial charge in [-0.05, 0) is 24.3 Å². The summed E-state index contributed by atoms with van der Waals surface area (Å²) in [7, 11) is 0. The maximum absolute atomic E-state index is 12.2. The van der Waals surface area contributed by atoms with Crippen molar-refractivity contribution in [3.63, 3.8) is 0 Å². The lowest BCUT2D eigenvalue weighted by Gasteiger charge is -2.30. The molecule has 0 aliphatic carbocycles. The molecule has 2 aromatic rings. The van der Waals surface area contributed by atoms with Crippen molar-refractivity contribution < 1.29 is 9.53 Å². The number of benzene rings is 2. The molecule has 1 amide bonds. The minimum absolute atomic E-state index is 0.0121. The second-order valence-corrected chi connectivity index (χ2v) is 5.51. The van der Waals surface area contributed by atoms with Crippen LogP contribution < -0.4 is 10.5 Å². The second-order valence-electron chi connectivity index (χ2n) is 5.51. The topological polar surface area (TPSA) is 55.6 Å². The molecular formula is C17H20N2O2. The zero-order valence-electron chi connectivity index (χ0n) is 12.0. The summed E-state index contributed by atoms with van der Waals surface area (Å²) < 4.78 is 5.74. The van der Waals surface area contributed by atoms with Gasteiger partial charge in [0.05, 0.1) is 0 Å². The summed E-state index contributed by atoms with van der Waals surface area (Å²) in [6.07, 6.45) is 1.97. The number of fused-ring (bicyclic) bond motifs is 1. The van der Waals surface area contributed by atoms with E-state index in [0.29, 0.717) is 6.54 Å². The van der Waals surface area contributed by atoms with Crippen molar-refractivity contribution in [2.75, 3.05) is 19.7 Å². The first-order valence-electron chi connectivity index (χ1n) is 7.38. The van der Waals surface area contributed by atoms with Gasteiger partial charge in [-0.25, -0.2) is 0 Å². The lowest BCUT2D eigenvalue weighted by atomic mass is 10.1. The van der Waals surface area contributed by atoms with Gasteiger partial charge in [-0.3, -0.25) is 4.79 Å². The molecule has 1 fully saturated rings. The van der Waals surface area contributed by atoms with Crippen LogP contribution in [0, 0.1) is 0 Å². The maximum Gasteiger partial charge on any atom is 0.260 e. The van der Waals surface area contributed by atoms with Gasteiger partial charge in [0, 0.05) is 24.5 Å². The van der Waals surface area contributed by atoms with E-state index in [-0.39, 0.29) is 18.6 Å². The average molecular weight is 284 g/mol. The Kier molecular flexibility index (Phi) is 4.06. The molecule has 0 bridgehead atoms. The summed E-state index contributed by atoms with van der Waals surface area (Å²) in [6.45, 7) is 1.49. The van der Waals surface area contributed by atoms with E-state index in [2.05, 4.69) is 0 Å². The van der Waals surface area contributed by atoms with Crippen molar-refractivity contribution in [2.45, 2.75) is 18.9 Å². The number of rotatable bonds is 3. The Bertz CT molecular complexity index is 636. The number of carbonyl (C=O) groups excluding carboxylic acids is 1. The fourth-order valence-electron chi connectivity index (χ4n) is 2.79. The Morgan fingerprint density at radius 3 is 2.90 bits per heavy atom. The molecule has 1 aliphatic rings. The number of carbonyl (C=O) groups is 1. The van der Waals surface area contributed by atoms with Crippen LogP contribution in [0.15, 0.2) is 42.5 Å². The van der Waals surface area contributed by atoms with Crippen molar-refractivity contribution in [3.8, 4) is 5.75 Å². The molecule has 0 spiro atoms. The third-order valence-electron chi connectivity index (χ3n) is 3.91. The third kappa shape index (κ3) is 3.16. The SMILES string of the molecule is NC1CCCN(C(=O)COc2cccc3ccccc23)C1. The monoisotopic (exact) mass is 284 g/mol. The van der Waals surface area contributed by atoms with Gasteiger partial charge in [0.1, 0.15) is 5.75 Å². The highest BCUT2D eigenvalue weighted by Gasteiger charge is 2.21. The van der Waals surface area contributed by atoms with Crippen molar-refractivity contribution >= 4 is 16.7 Å². The van der Waals surface area contributed by atoms with E-state index in [9.17, 15) is 4.79 Å². The third-order valence-corrected chi connectivity index (χ3v) is 3.91. The van der Waals surface area contributed by atoms with Crippen LogP contribution in [0.2, 0.25) is 0 Å². The predicted molar refractivity (Wildman–Crippen MR) is 83.2 cm³/mol. The van der Waals surface area contributed by atoms with Crippen LogP contribution in [0.1, 0.15) is 12.8 Å². The van der Waals surface area contributed by atoms with Crippen LogP contribution in [0.4, 0.5) is 0 Å². The fourth-order valence-corrected chi connectivity index (χ4v) is 2.79. The summed E-state index contributed by atoms with van der Waals surface area (Å²) in [5, 5.41) is 2.14. The molecule has 1 aliphatic heterocycles. The highest BCUT2D eigenvalue weighted by molar-refractivity contribution is 5.88. The average Bonchev–Trinajstić information content (AvgIpc) is 2.52. The highest BCUT2D eigenvalue weighted by Crippen LogP contribution is 2.25. The molecule has 1 saturated heterocycles. The zero-order valence-corrected chi connectivity index (χ0v) is 12.0. The maximum atomic E-state index is 12.2. The summed E-state index contributed by atoms with van der Waals surface area (Å²) in [6, 6.07) is 14.0. The lowest BCUT2D eigenvalue weighted by Crippen LogP contribution is -2.47. The van der Waals surface area contributed by atoms with Crippen molar-refractivity contribution in [3.05, 3.63) is 42.5 Å². The normalized spacial score (nSPS) is 18.7. The molecule has 3 rings (SSSR count). The summed E-state index contributed by atoms with van der Waals surface area (Å²) in [4.78, 5) is 14.0. The summed E-state index contributed by atoms with van der Waals surface area (Å²) in [5.41, 5.74) is 5.91. The van der Waals surface area contributed by atoms with Crippen LogP contribution in [0.5, 0.6) is 5.75 Å². The Labute approximate surface area is 124 Å². The van der Waals surface area contributed by atoms with Gasteiger partial charge in [-0.1, -0.05) is 36.4 Å². The Balaban J connectivity index is 1.67. The minimum Gasteiger partial charge on any atom is -0.483 e. The molecule has 2 aromatic carbocycles. The molecule has 0 saturated carbocycles. The number of hydrogen-bond donors (Lipinski definition) is 1. The number of piperidine rings is 1. The highest BCUT2D eigenvalue weighted by atomic mass is 16.5. The summed E-state index contributed by atoms with van der Waals surface area (Å²) >= 11 is 0. The minimum atomic E-state index is 0.0121. The molecule has 0 aromatic heterocycles. The van der Waals surface area contributed by atoms with E-state index in [1.54, 1.807) is 4.90 Å². The molecule has 4 heteroatoms. The standard InChI is InChI=1S/C17H20N2O2/c18-14-7-4-10-19(11-14)17(20)12-21-16-9-3-6-13-5-1-2-8-15(13)16/h1-3,5-6,8-9,14H,4,7,10-12,18H2. The first-order chi connectivity index (χ1) is 10.2. The Morgan fingerprint density at radius 2 is 2.05 bits per heavy atom. The van der Waals surface area contributed by atoms with Gasteiger partial charge in [-0.2, -0.15) is 0 Å². The van der Waals surface area contributed by atoms with Crippen LogP contribution in [0.3, 0.4) is 0 Å². The quantitative estimate of drug-likeness (QED) is 0.939. The zero-order chi connectivity index (χ0) is 14.7. The van der Waals surface area contributed by atoms with Crippen molar-refractivity contribution in [1.29, 1.82) is 0 Å². The predicted octanol–water partition coefficient (Wildman–Crippen LogP) is 2.17. The van der Waals surface area contributed by atoms with Crippen molar-refractivity contribution in [1.82, 2.24) is 4.90 Å². The molecule has 110 valence electrons. The van der Waals surface area contributed by atoms with Gasteiger partial charge >= 0.3 is 0 Å². The van der Waals surface area contributed by atoms with Gasteiger partial charge < -0.3 is 15.4 Å². The van der Waals surface area contributed by atoms with Crippen LogP contribution >= 0.6 is 0 Å². The number of nitrogens with zero attached hydrogens (tertiary/aromatic N) is 1. The van der Waals surface area contributed by atoms with Gasteiger partial charge in [0.2, 0.25) is 0 Å². The van der Waals surface area contributed by atoms with E-state index in [1.807, 2.05) is 42.5 Å². The number of ether oxygens (including phenoxy) is 1. The van der Waals surface area contributed by atoms with E-state index in [0.717, 1.165) is 35.9 Å².